The second-order valence-corrected chi connectivity index (χ2v) is 9.07. The quantitative estimate of drug-likeness (QED) is 0.601. The number of methoxy groups -OCH3 is 1. The van der Waals surface area contributed by atoms with Gasteiger partial charge in [-0.05, 0) is 44.7 Å². The van der Waals surface area contributed by atoms with Crippen LogP contribution in [-0.2, 0) is 14.9 Å². The van der Waals surface area contributed by atoms with E-state index in [1.54, 1.807) is 14.0 Å². The molecule has 29 heavy (non-hydrogen) atoms. The Morgan fingerprint density at radius 3 is 2.66 bits per heavy atom. The molecule has 10 heteroatoms. The van der Waals surface area contributed by atoms with E-state index in [4.69, 9.17) is 25.4 Å². The van der Waals surface area contributed by atoms with Crippen LogP contribution in [-0.4, -0.2) is 42.2 Å². The first-order valence-electron chi connectivity index (χ1n) is 9.15. The topological polar surface area (TPSA) is 112 Å². The predicted octanol–water partition coefficient (Wildman–Crippen LogP) is 3.74. The van der Waals surface area contributed by atoms with Crippen molar-refractivity contribution in [2.24, 2.45) is 0 Å². The van der Waals surface area contributed by atoms with Gasteiger partial charge in [0, 0.05) is 13.2 Å². The second-order valence-electron chi connectivity index (χ2n) is 7.19. The fraction of sp³-hybridized carbons (Fsp3) is 0.474. The van der Waals surface area contributed by atoms with E-state index in [2.05, 4.69) is 5.16 Å². The molecule has 2 atom stereocenters. The molecule has 8 nitrogen and oxygen atoms in total. The van der Waals surface area contributed by atoms with Gasteiger partial charge in [-0.2, -0.15) is 8.42 Å². The summed E-state index contributed by atoms with van der Waals surface area (Å²) in [4.78, 5) is 13.2. The third kappa shape index (κ3) is 4.63. The summed E-state index contributed by atoms with van der Waals surface area (Å²) in [6.45, 7) is 1.79. The zero-order chi connectivity index (χ0) is 21.3. The smallest absolute Gasteiger partial charge is 0.264 e. The summed E-state index contributed by atoms with van der Waals surface area (Å²) >= 11 is 6.44. The van der Waals surface area contributed by atoms with Crippen LogP contribution < -0.4 is 5.56 Å². The van der Waals surface area contributed by atoms with Gasteiger partial charge >= 0.3 is 0 Å². The lowest BCUT2D eigenvalue weighted by Gasteiger charge is -2.30. The average molecular weight is 443 g/mol. The molecule has 4 rings (SSSR count). The van der Waals surface area contributed by atoms with E-state index in [0.717, 1.165) is 36.6 Å². The molecule has 1 aliphatic carbocycles. The van der Waals surface area contributed by atoms with Gasteiger partial charge in [0.2, 0.25) is 0 Å². The molecule has 3 aromatic rings. The molecule has 1 saturated carbocycles. The maximum absolute atomic E-state index is 13.2. The van der Waals surface area contributed by atoms with Gasteiger partial charge in [-0.25, -0.2) is 0 Å². The van der Waals surface area contributed by atoms with Crippen LogP contribution in [0.15, 0.2) is 27.5 Å². The minimum Gasteiger partial charge on any atom is -0.381 e. The zero-order valence-corrected chi connectivity index (χ0v) is 18.0. The molecular formula is C19H23ClN2O6S. The summed E-state index contributed by atoms with van der Waals surface area (Å²) in [5, 5.41) is 5.85. The van der Waals surface area contributed by atoms with Crippen molar-refractivity contribution in [2.75, 3.05) is 13.4 Å². The number of hydrogen-bond donors (Lipinski definition) is 1. The van der Waals surface area contributed by atoms with E-state index in [0.29, 0.717) is 27.9 Å². The first kappa shape index (κ1) is 21.8. The number of rotatable bonds is 2. The lowest BCUT2D eigenvalue weighted by atomic mass is 9.92. The lowest BCUT2D eigenvalue weighted by Crippen LogP contribution is -2.31. The molecule has 1 fully saturated rings. The molecule has 1 N–H and O–H groups in total. The van der Waals surface area contributed by atoms with Gasteiger partial charge in [0.1, 0.15) is 5.39 Å². The minimum atomic E-state index is -3.67. The highest BCUT2D eigenvalue weighted by atomic mass is 35.5. The Balaban J connectivity index is 0.000000431. The van der Waals surface area contributed by atoms with Gasteiger partial charge in [-0.1, -0.05) is 22.8 Å². The number of halogens is 1. The number of ether oxygens (including phenoxy) is 1. The number of pyridine rings is 1. The van der Waals surface area contributed by atoms with Gasteiger partial charge < -0.3 is 13.8 Å². The molecule has 0 saturated heterocycles. The van der Waals surface area contributed by atoms with Crippen molar-refractivity contribution in [3.8, 4) is 0 Å². The van der Waals surface area contributed by atoms with Gasteiger partial charge in [-0.3, -0.25) is 9.35 Å². The van der Waals surface area contributed by atoms with E-state index >= 15 is 0 Å². The standard InChI is InChI=1S/C18H19ClN2O3.CH4O3S/c1-10-15-17(24-20-10)16-13(19)7-4-8-14(16)21(18(15)22)11-5-3-6-12(9-11)23-2;1-5(2,3)4/h4,7-8,11-12H,3,5-6,9H2,1-2H3;1H3,(H,2,3,4). The molecule has 1 aliphatic rings. The fourth-order valence-electron chi connectivity index (χ4n) is 3.89. The second kappa shape index (κ2) is 8.43. The van der Waals surface area contributed by atoms with Gasteiger partial charge in [-0.15, -0.1) is 0 Å². The highest BCUT2D eigenvalue weighted by molar-refractivity contribution is 7.85. The van der Waals surface area contributed by atoms with E-state index in [1.807, 2.05) is 22.8 Å². The lowest BCUT2D eigenvalue weighted by molar-refractivity contribution is 0.0533. The van der Waals surface area contributed by atoms with Crippen molar-refractivity contribution in [1.82, 2.24) is 9.72 Å². The molecule has 0 spiro atoms. The molecule has 2 aromatic heterocycles. The van der Waals surface area contributed by atoms with Crippen LogP contribution in [0.3, 0.4) is 0 Å². The molecule has 158 valence electrons. The van der Waals surface area contributed by atoms with Gasteiger partial charge in [0.05, 0.1) is 34.0 Å². The molecular weight excluding hydrogens is 420 g/mol. The predicted molar refractivity (Wildman–Crippen MR) is 111 cm³/mol. The zero-order valence-electron chi connectivity index (χ0n) is 16.4. The van der Waals surface area contributed by atoms with Crippen molar-refractivity contribution in [2.45, 2.75) is 44.8 Å². The number of aryl methyl sites for hydroxylation is 1. The molecule has 0 radical (unpaired) electrons. The van der Waals surface area contributed by atoms with E-state index in [-0.39, 0.29) is 17.7 Å². The first-order valence-corrected chi connectivity index (χ1v) is 11.4. The van der Waals surface area contributed by atoms with Crippen molar-refractivity contribution in [3.63, 3.8) is 0 Å². The molecule has 0 aliphatic heterocycles. The van der Waals surface area contributed by atoms with Crippen LogP contribution >= 0.6 is 11.6 Å². The van der Waals surface area contributed by atoms with Crippen molar-refractivity contribution < 1.29 is 22.2 Å². The van der Waals surface area contributed by atoms with Crippen molar-refractivity contribution >= 4 is 43.6 Å². The van der Waals surface area contributed by atoms with Crippen LogP contribution in [0.25, 0.3) is 21.9 Å². The SMILES string of the molecule is COC1CCCC(n2c(=O)c3c(C)noc3c3c(Cl)cccc32)C1.CS(=O)(=O)O. The summed E-state index contributed by atoms with van der Waals surface area (Å²) in [6.07, 6.45) is 4.76. The van der Waals surface area contributed by atoms with E-state index in [1.165, 1.54) is 0 Å². The number of fused-ring (bicyclic) bond motifs is 3. The summed E-state index contributed by atoms with van der Waals surface area (Å²) in [5.41, 5.74) is 1.83. The summed E-state index contributed by atoms with van der Waals surface area (Å²) < 4.78 is 38.7. The molecule has 2 heterocycles. The number of benzene rings is 1. The highest BCUT2D eigenvalue weighted by Gasteiger charge is 2.28. The highest BCUT2D eigenvalue weighted by Crippen LogP contribution is 2.36. The van der Waals surface area contributed by atoms with Crippen LogP contribution in [0.4, 0.5) is 0 Å². The Labute approximate surface area is 173 Å². The molecule has 0 amide bonds. The largest absolute Gasteiger partial charge is 0.381 e. The molecule has 1 aromatic carbocycles. The Kier molecular flexibility index (Phi) is 6.33. The summed E-state index contributed by atoms with van der Waals surface area (Å²) in [7, 11) is -1.93. The number of nitrogens with zero attached hydrogens (tertiary/aromatic N) is 2. The molecule has 0 bridgehead atoms. The van der Waals surface area contributed by atoms with Gasteiger partial charge in [0.25, 0.3) is 15.7 Å². The minimum absolute atomic E-state index is 0.0553. The first-order chi connectivity index (χ1) is 13.6. The Bertz CT molecular complexity index is 1190. The van der Waals surface area contributed by atoms with Crippen LogP contribution in [0.5, 0.6) is 0 Å². The Morgan fingerprint density at radius 1 is 1.31 bits per heavy atom. The normalized spacial score (nSPS) is 19.9. The number of aromatic nitrogens is 2. The summed E-state index contributed by atoms with van der Waals surface area (Å²) in [6, 6.07) is 5.70. The van der Waals surface area contributed by atoms with Crippen LogP contribution in [0, 0.1) is 6.92 Å². The monoisotopic (exact) mass is 442 g/mol. The average Bonchev–Trinajstić information content (AvgIpc) is 3.02. The maximum atomic E-state index is 13.2. The maximum Gasteiger partial charge on any atom is 0.264 e. The molecule has 2 unspecified atom stereocenters. The van der Waals surface area contributed by atoms with Crippen LogP contribution in [0.2, 0.25) is 5.02 Å². The third-order valence-electron chi connectivity index (χ3n) is 5.07. The van der Waals surface area contributed by atoms with Crippen molar-refractivity contribution in [3.05, 3.63) is 39.3 Å². The number of hydrogen-bond acceptors (Lipinski definition) is 6. The third-order valence-corrected chi connectivity index (χ3v) is 5.39. The fourth-order valence-corrected chi connectivity index (χ4v) is 4.15. The van der Waals surface area contributed by atoms with Gasteiger partial charge in [0.15, 0.2) is 5.58 Å². The summed E-state index contributed by atoms with van der Waals surface area (Å²) in [5.74, 6) is 0. The van der Waals surface area contributed by atoms with Crippen LogP contribution in [0.1, 0.15) is 37.4 Å². The van der Waals surface area contributed by atoms with E-state index < -0.39 is 10.1 Å². The van der Waals surface area contributed by atoms with E-state index in [9.17, 15) is 13.2 Å². The Hall–Kier alpha value is -1.94. The van der Waals surface area contributed by atoms with Crippen molar-refractivity contribution in [1.29, 1.82) is 0 Å². The Morgan fingerprint density at radius 2 is 2.00 bits per heavy atom.